The van der Waals surface area contributed by atoms with E-state index in [1.807, 2.05) is 18.5 Å². The lowest BCUT2D eigenvalue weighted by atomic mass is 9.80. The molecular formula is C14H23N3. The quantitative estimate of drug-likeness (QED) is 0.809. The molecule has 1 aliphatic rings. The SMILES string of the molecule is C=CCn1ccnc1NC1CC(C)CC(C)C1. The van der Waals surface area contributed by atoms with E-state index in [1.165, 1.54) is 19.3 Å². The van der Waals surface area contributed by atoms with Crippen LogP contribution in [0.1, 0.15) is 33.1 Å². The number of nitrogens with one attached hydrogen (secondary N) is 1. The molecule has 17 heavy (non-hydrogen) atoms. The number of allylic oxidation sites excluding steroid dienone is 1. The lowest BCUT2D eigenvalue weighted by Crippen LogP contribution is -2.31. The Labute approximate surface area is 104 Å². The molecule has 1 N–H and O–H groups in total. The zero-order chi connectivity index (χ0) is 12.3. The summed E-state index contributed by atoms with van der Waals surface area (Å²) in [6.45, 7) is 9.29. The van der Waals surface area contributed by atoms with Crippen LogP contribution in [-0.4, -0.2) is 15.6 Å². The lowest BCUT2D eigenvalue weighted by Gasteiger charge is -2.32. The molecule has 1 heterocycles. The molecule has 0 radical (unpaired) electrons. The Morgan fingerprint density at radius 3 is 2.76 bits per heavy atom. The summed E-state index contributed by atoms with van der Waals surface area (Å²) in [7, 11) is 0. The standard InChI is InChI=1S/C14H23N3/c1-4-6-17-7-5-15-14(17)16-13-9-11(2)8-12(3)10-13/h4-5,7,11-13H,1,6,8-10H2,2-3H3,(H,15,16). The molecule has 0 bridgehead atoms. The Morgan fingerprint density at radius 2 is 2.12 bits per heavy atom. The summed E-state index contributed by atoms with van der Waals surface area (Å²) in [6, 6.07) is 0.569. The van der Waals surface area contributed by atoms with Gasteiger partial charge in [0.05, 0.1) is 0 Å². The fourth-order valence-corrected chi connectivity index (χ4v) is 2.98. The molecule has 1 fully saturated rings. The van der Waals surface area contributed by atoms with E-state index in [-0.39, 0.29) is 0 Å². The van der Waals surface area contributed by atoms with Crippen LogP contribution < -0.4 is 5.32 Å². The van der Waals surface area contributed by atoms with Gasteiger partial charge >= 0.3 is 0 Å². The Balaban J connectivity index is 1.99. The van der Waals surface area contributed by atoms with Crippen LogP contribution >= 0.6 is 0 Å². The number of nitrogens with zero attached hydrogens (tertiary/aromatic N) is 2. The van der Waals surface area contributed by atoms with Gasteiger partial charge < -0.3 is 9.88 Å². The number of hydrogen-bond acceptors (Lipinski definition) is 2. The number of anilines is 1. The molecular weight excluding hydrogens is 210 g/mol. The minimum Gasteiger partial charge on any atom is -0.353 e. The van der Waals surface area contributed by atoms with Crippen molar-refractivity contribution in [2.24, 2.45) is 11.8 Å². The largest absolute Gasteiger partial charge is 0.353 e. The first-order valence-corrected chi connectivity index (χ1v) is 6.57. The first-order chi connectivity index (χ1) is 8.19. The molecule has 0 aromatic carbocycles. The monoisotopic (exact) mass is 233 g/mol. The van der Waals surface area contributed by atoms with Crippen LogP contribution in [-0.2, 0) is 6.54 Å². The van der Waals surface area contributed by atoms with Crippen LogP contribution in [0, 0.1) is 11.8 Å². The summed E-state index contributed by atoms with van der Waals surface area (Å²) in [5.41, 5.74) is 0. The van der Waals surface area contributed by atoms with Crippen molar-refractivity contribution in [1.29, 1.82) is 0 Å². The minimum atomic E-state index is 0.569. The van der Waals surface area contributed by atoms with E-state index in [4.69, 9.17) is 0 Å². The van der Waals surface area contributed by atoms with Gasteiger partial charge in [0.25, 0.3) is 0 Å². The Bertz CT molecular complexity index is 359. The van der Waals surface area contributed by atoms with Crippen molar-refractivity contribution in [2.75, 3.05) is 5.32 Å². The lowest BCUT2D eigenvalue weighted by molar-refractivity contribution is 0.280. The van der Waals surface area contributed by atoms with Crippen molar-refractivity contribution in [1.82, 2.24) is 9.55 Å². The molecule has 0 spiro atoms. The summed E-state index contributed by atoms with van der Waals surface area (Å²) in [5, 5.41) is 3.58. The van der Waals surface area contributed by atoms with Gasteiger partial charge in [0, 0.05) is 25.0 Å². The Hall–Kier alpha value is -1.25. The van der Waals surface area contributed by atoms with Gasteiger partial charge in [0.15, 0.2) is 0 Å². The molecule has 1 aromatic rings. The van der Waals surface area contributed by atoms with Crippen LogP contribution in [0.15, 0.2) is 25.0 Å². The second kappa shape index (κ2) is 5.39. The van der Waals surface area contributed by atoms with Crippen LogP contribution in [0.3, 0.4) is 0 Å². The average molecular weight is 233 g/mol. The summed E-state index contributed by atoms with van der Waals surface area (Å²) in [4.78, 5) is 4.38. The van der Waals surface area contributed by atoms with Crippen molar-refractivity contribution < 1.29 is 0 Å². The number of rotatable bonds is 4. The smallest absolute Gasteiger partial charge is 0.203 e. The highest BCUT2D eigenvalue weighted by Crippen LogP contribution is 2.30. The van der Waals surface area contributed by atoms with Crippen molar-refractivity contribution >= 4 is 5.95 Å². The molecule has 0 aliphatic heterocycles. The Kier molecular flexibility index (Phi) is 3.87. The van der Waals surface area contributed by atoms with Crippen LogP contribution in [0.4, 0.5) is 5.95 Å². The van der Waals surface area contributed by atoms with E-state index in [2.05, 4.69) is 35.3 Å². The first kappa shape index (κ1) is 12.2. The highest BCUT2D eigenvalue weighted by molar-refractivity contribution is 5.28. The second-order valence-electron chi connectivity index (χ2n) is 5.45. The highest BCUT2D eigenvalue weighted by atomic mass is 15.2. The first-order valence-electron chi connectivity index (χ1n) is 6.57. The van der Waals surface area contributed by atoms with Crippen molar-refractivity contribution in [3.05, 3.63) is 25.0 Å². The summed E-state index contributed by atoms with van der Waals surface area (Å²) < 4.78 is 2.11. The van der Waals surface area contributed by atoms with E-state index in [0.29, 0.717) is 6.04 Å². The average Bonchev–Trinajstić information content (AvgIpc) is 2.65. The molecule has 3 heteroatoms. The van der Waals surface area contributed by atoms with Gasteiger partial charge in [-0.15, -0.1) is 6.58 Å². The van der Waals surface area contributed by atoms with E-state index in [1.54, 1.807) is 0 Å². The van der Waals surface area contributed by atoms with Crippen molar-refractivity contribution in [3.8, 4) is 0 Å². The molecule has 94 valence electrons. The van der Waals surface area contributed by atoms with Gasteiger partial charge in [-0.05, 0) is 31.1 Å². The van der Waals surface area contributed by atoms with E-state index < -0.39 is 0 Å². The summed E-state index contributed by atoms with van der Waals surface area (Å²) in [5.74, 6) is 2.62. The Morgan fingerprint density at radius 1 is 1.41 bits per heavy atom. The van der Waals surface area contributed by atoms with Crippen molar-refractivity contribution in [2.45, 2.75) is 45.7 Å². The third kappa shape index (κ3) is 3.11. The molecule has 2 atom stereocenters. The molecule has 1 aromatic heterocycles. The third-order valence-corrected chi connectivity index (χ3v) is 3.55. The molecule has 2 rings (SSSR count). The maximum atomic E-state index is 4.38. The summed E-state index contributed by atoms with van der Waals surface area (Å²) >= 11 is 0. The van der Waals surface area contributed by atoms with Gasteiger partial charge in [0.1, 0.15) is 0 Å². The van der Waals surface area contributed by atoms with Crippen LogP contribution in [0.25, 0.3) is 0 Å². The maximum absolute atomic E-state index is 4.38. The molecule has 2 unspecified atom stereocenters. The predicted octanol–water partition coefficient (Wildman–Crippen LogP) is 3.31. The van der Waals surface area contributed by atoms with Crippen LogP contribution in [0.5, 0.6) is 0 Å². The predicted molar refractivity (Wildman–Crippen MR) is 72.0 cm³/mol. The van der Waals surface area contributed by atoms with Gasteiger partial charge in [-0.2, -0.15) is 0 Å². The van der Waals surface area contributed by atoms with E-state index in [9.17, 15) is 0 Å². The highest BCUT2D eigenvalue weighted by Gasteiger charge is 2.24. The molecule has 0 amide bonds. The van der Waals surface area contributed by atoms with Gasteiger partial charge in [-0.3, -0.25) is 0 Å². The molecule has 1 aliphatic carbocycles. The van der Waals surface area contributed by atoms with Gasteiger partial charge in [-0.1, -0.05) is 19.9 Å². The maximum Gasteiger partial charge on any atom is 0.203 e. The normalized spacial score (nSPS) is 28.9. The van der Waals surface area contributed by atoms with Gasteiger partial charge in [-0.25, -0.2) is 4.98 Å². The summed E-state index contributed by atoms with van der Waals surface area (Å²) in [6.07, 6.45) is 9.62. The van der Waals surface area contributed by atoms with Crippen molar-refractivity contribution in [3.63, 3.8) is 0 Å². The zero-order valence-corrected chi connectivity index (χ0v) is 10.9. The minimum absolute atomic E-state index is 0.569. The number of aromatic nitrogens is 2. The topological polar surface area (TPSA) is 29.9 Å². The fourth-order valence-electron chi connectivity index (χ4n) is 2.98. The van der Waals surface area contributed by atoms with Gasteiger partial charge in [0.2, 0.25) is 5.95 Å². The third-order valence-electron chi connectivity index (χ3n) is 3.55. The molecule has 1 saturated carbocycles. The molecule has 3 nitrogen and oxygen atoms in total. The zero-order valence-electron chi connectivity index (χ0n) is 10.9. The molecule has 0 saturated heterocycles. The van der Waals surface area contributed by atoms with Crippen LogP contribution in [0.2, 0.25) is 0 Å². The number of imidazole rings is 1. The van der Waals surface area contributed by atoms with E-state index >= 15 is 0 Å². The number of hydrogen-bond donors (Lipinski definition) is 1. The second-order valence-corrected chi connectivity index (χ2v) is 5.45. The fraction of sp³-hybridized carbons (Fsp3) is 0.643. The van der Waals surface area contributed by atoms with E-state index in [0.717, 1.165) is 24.3 Å².